The third kappa shape index (κ3) is 0.979. The van der Waals surface area contributed by atoms with Gasteiger partial charge in [0.05, 0.1) is 13.2 Å². The molecule has 0 saturated carbocycles. The van der Waals surface area contributed by atoms with Gasteiger partial charge in [-0.05, 0) is 18.1 Å². The van der Waals surface area contributed by atoms with Crippen molar-refractivity contribution in [2.24, 2.45) is 0 Å². The molecule has 0 amide bonds. The van der Waals surface area contributed by atoms with Crippen molar-refractivity contribution in [2.45, 2.75) is 18.3 Å². The van der Waals surface area contributed by atoms with Crippen molar-refractivity contribution in [3.05, 3.63) is 41.0 Å². The molecular weight excluding hydrogens is 186 g/mol. The number of rotatable bonds is 1. The minimum absolute atomic E-state index is 0.324. The van der Waals surface area contributed by atoms with Crippen LogP contribution in [0.1, 0.15) is 29.4 Å². The molecule has 0 unspecified atom stereocenters. The highest BCUT2D eigenvalue weighted by Crippen LogP contribution is 2.54. The van der Waals surface area contributed by atoms with E-state index in [2.05, 4.69) is 18.2 Å². The maximum Gasteiger partial charge on any atom is 0.122 e. The van der Waals surface area contributed by atoms with Gasteiger partial charge in [0.2, 0.25) is 0 Å². The van der Waals surface area contributed by atoms with Crippen LogP contribution in [-0.4, -0.2) is 7.11 Å². The molecular formula is C13H11NO. The lowest BCUT2D eigenvalue weighted by Gasteiger charge is -2.15. The average molecular weight is 197 g/mol. The lowest BCUT2D eigenvalue weighted by molar-refractivity contribution is 0.409. The predicted molar refractivity (Wildman–Crippen MR) is 56.8 cm³/mol. The normalized spacial score (nSPS) is 25.7. The second-order valence-corrected chi connectivity index (χ2v) is 4.09. The number of hydrogen-bond donors (Lipinski definition) is 0. The van der Waals surface area contributed by atoms with E-state index in [0.717, 1.165) is 17.7 Å². The molecule has 0 saturated heterocycles. The first-order valence-corrected chi connectivity index (χ1v) is 5.13. The third-order valence-corrected chi connectivity index (χ3v) is 3.44. The number of nitriles is 1. The smallest absolute Gasteiger partial charge is 0.122 e. The monoisotopic (exact) mass is 197 g/mol. The van der Waals surface area contributed by atoms with Gasteiger partial charge in [0.15, 0.2) is 0 Å². The number of ether oxygens (including phenoxy) is 1. The zero-order valence-electron chi connectivity index (χ0n) is 8.53. The summed E-state index contributed by atoms with van der Waals surface area (Å²) in [7, 11) is 1.70. The number of benzene rings is 1. The summed E-state index contributed by atoms with van der Waals surface area (Å²) in [6.07, 6.45) is 3.15. The van der Waals surface area contributed by atoms with Gasteiger partial charge in [-0.15, -0.1) is 0 Å². The highest BCUT2D eigenvalue weighted by Gasteiger charge is 2.39. The molecule has 3 rings (SSSR count). The third-order valence-electron chi connectivity index (χ3n) is 3.44. The van der Waals surface area contributed by atoms with Crippen molar-refractivity contribution < 1.29 is 4.74 Å². The van der Waals surface area contributed by atoms with Crippen molar-refractivity contribution in [1.82, 2.24) is 0 Å². The van der Waals surface area contributed by atoms with Gasteiger partial charge in [0.25, 0.3) is 0 Å². The molecule has 2 aliphatic carbocycles. The van der Waals surface area contributed by atoms with Gasteiger partial charge in [-0.2, -0.15) is 5.26 Å². The van der Waals surface area contributed by atoms with E-state index in [4.69, 9.17) is 10.00 Å². The number of fused-ring (bicyclic) bond motifs is 5. The van der Waals surface area contributed by atoms with E-state index in [1.165, 1.54) is 11.1 Å². The van der Waals surface area contributed by atoms with Crippen molar-refractivity contribution in [3.63, 3.8) is 0 Å². The molecule has 74 valence electrons. The Balaban J connectivity index is 2.18. The highest BCUT2D eigenvalue weighted by molar-refractivity contribution is 5.59. The molecule has 0 aliphatic heterocycles. The number of nitrogens with zero attached hydrogens (tertiary/aromatic N) is 1. The zero-order chi connectivity index (χ0) is 10.4. The van der Waals surface area contributed by atoms with Gasteiger partial charge in [-0.3, -0.25) is 0 Å². The quantitative estimate of drug-likeness (QED) is 0.693. The molecule has 0 spiro atoms. The molecule has 0 N–H and O–H groups in total. The van der Waals surface area contributed by atoms with Crippen LogP contribution in [0.25, 0.3) is 0 Å². The molecule has 2 atom stereocenters. The summed E-state index contributed by atoms with van der Waals surface area (Å²) in [5.41, 5.74) is 3.52. The van der Waals surface area contributed by atoms with Crippen LogP contribution >= 0.6 is 0 Å². The maximum atomic E-state index is 8.99. The Morgan fingerprint density at radius 2 is 2.33 bits per heavy atom. The molecule has 0 heterocycles. The van der Waals surface area contributed by atoms with Crippen LogP contribution in [0, 0.1) is 11.3 Å². The molecule has 0 radical (unpaired) electrons. The first-order chi connectivity index (χ1) is 7.35. The SMILES string of the molecule is COc1cccc2c1[C@@H]1C=C(C#N)[C@H]2C1. The average Bonchev–Trinajstić information content (AvgIpc) is 2.86. The summed E-state index contributed by atoms with van der Waals surface area (Å²) in [5, 5.41) is 8.99. The van der Waals surface area contributed by atoms with Gasteiger partial charge < -0.3 is 4.74 Å². The fraction of sp³-hybridized carbons (Fsp3) is 0.308. The molecule has 15 heavy (non-hydrogen) atoms. The van der Waals surface area contributed by atoms with Gasteiger partial charge in [0, 0.05) is 23.0 Å². The Morgan fingerprint density at radius 1 is 1.47 bits per heavy atom. The molecule has 2 nitrogen and oxygen atoms in total. The Morgan fingerprint density at radius 3 is 3.07 bits per heavy atom. The van der Waals surface area contributed by atoms with Crippen LogP contribution in [0.5, 0.6) is 5.75 Å². The minimum atomic E-state index is 0.324. The topological polar surface area (TPSA) is 33.0 Å². The lowest BCUT2D eigenvalue weighted by Crippen LogP contribution is -2.00. The first-order valence-electron chi connectivity index (χ1n) is 5.13. The number of allylic oxidation sites excluding steroid dienone is 2. The van der Waals surface area contributed by atoms with Crippen molar-refractivity contribution in [3.8, 4) is 11.8 Å². The molecule has 1 aromatic carbocycles. The summed E-state index contributed by atoms with van der Waals surface area (Å²) >= 11 is 0. The van der Waals surface area contributed by atoms with Crippen LogP contribution < -0.4 is 4.74 Å². The second-order valence-electron chi connectivity index (χ2n) is 4.09. The van der Waals surface area contributed by atoms with Crippen molar-refractivity contribution in [2.75, 3.05) is 7.11 Å². The minimum Gasteiger partial charge on any atom is -0.496 e. The van der Waals surface area contributed by atoms with E-state index in [-0.39, 0.29) is 0 Å². The second kappa shape index (κ2) is 2.87. The van der Waals surface area contributed by atoms with E-state index in [0.29, 0.717) is 11.8 Å². The van der Waals surface area contributed by atoms with E-state index in [1.54, 1.807) is 7.11 Å². The van der Waals surface area contributed by atoms with Crippen LogP contribution in [0.2, 0.25) is 0 Å². The molecule has 2 heteroatoms. The van der Waals surface area contributed by atoms with Crippen LogP contribution in [0.15, 0.2) is 29.8 Å². The Bertz CT molecular complexity index is 496. The summed E-state index contributed by atoms with van der Waals surface area (Å²) in [6, 6.07) is 8.42. The van der Waals surface area contributed by atoms with Crippen LogP contribution in [0.4, 0.5) is 0 Å². The Hall–Kier alpha value is -1.75. The largest absolute Gasteiger partial charge is 0.496 e. The van der Waals surface area contributed by atoms with E-state index >= 15 is 0 Å². The molecule has 2 aliphatic rings. The molecule has 2 bridgehead atoms. The van der Waals surface area contributed by atoms with E-state index < -0.39 is 0 Å². The summed E-state index contributed by atoms with van der Waals surface area (Å²) < 4.78 is 5.37. The van der Waals surface area contributed by atoms with Crippen LogP contribution in [-0.2, 0) is 0 Å². The fourth-order valence-electron chi connectivity index (χ4n) is 2.83. The summed E-state index contributed by atoms with van der Waals surface area (Å²) in [6.45, 7) is 0. The summed E-state index contributed by atoms with van der Waals surface area (Å²) in [4.78, 5) is 0. The maximum absolute atomic E-state index is 8.99. The predicted octanol–water partition coefficient (Wildman–Crippen LogP) is 2.73. The zero-order valence-corrected chi connectivity index (χ0v) is 8.53. The van der Waals surface area contributed by atoms with Gasteiger partial charge >= 0.3 is 0 Å². The van der Waals surface area contributed by atoms with E-state index in [1.807, 2.05) is 12.1 Å². The lowest BCUT2D eigenvalue weighted by atomic mass is 9.91. The van der Waals surface area contributed by atoms with Crippen molar-refractivity contribution in [1.29, 1.82) is 5.26 Å². The van der Waals surface area contributed by atoms with Gasteiger partial charge in [0.1, 0.15) is 5.75 Å². The Labute approximate surface area is 88.8 Å². The standard InChI is InChI=1S/C13H11NO/c1-15-12-4-2-3-10-11-6-8(13(10)12)5-9(11)7-14/h2-5,8,11H,6H2,1H3/t8-,11-/m1/s1. The van der Waals surface area contributed by atoms with E-state index in [9.17, 15) is 0 Å². The molecule has 1 aromatic rings. The first kappa shape index (κ1) is 8.55. The molecule has 0 aromatic heterocycles. The fourth-order valence-corrected chi connectivity index (χ4v) is 2.83. The highest BCUT2D eigenvalue weighted by atomic mass is 16.5. The number of methoxy groups -OCH3 is 1. The summed E-state index contributed by atoms with van der Waals surface area (Å²) in [5.74, 6) is 1.69. The Kier molecular flexibility index (Phi) is 1.63. The van der Waals surface area contributed by atoms with Crippen LogP contribution in [0.3, 0.4) is 0 Å². The van der Waals surface area contributed by atoms with Gasteiger partial charge in [-0.25, -0.2) is 0 Å². The number of hydrogen-bond acceptors (Lipinski definition) is 2. The molecule has 0 fully saturated rings. The van der Waals surface area contributed by atoms with Gasteiger partial charge in [-0.1, -0.05) is 18.2 Å². The van der Waals surface area contributed by atoms with Crippen molar-refractivity contribution >= 4 is 0 Å².